The van der Waals surface area contributed by atoms with Crippen LogP contribution in [0.2, 0.25) is 0 Å². The molecule has 0 saturated carbocycles. The van der Waals surface area contributed by atoms with Crippen LogP contribution in [-0.2, 0) is 14.3 Å². The number of hydrogen-bond donors (Lipinski definition) is 0. The molecule has 5 heteroatoms. The van der Waals surface area contributed by atoms with Crippen molar-refractivity contribution in [2.75, 3.05) is 19.8 Å². The summed E-state index contributed by atoms with van der Waals surface area (Å²) in [5, 5.41) is 0. The van der Waals surface area contributed by atoms with E-state index in [-0.39, 0.29) is 12.4 Å². The maximum atomic E-state index is 12.0. The van der Waals surface area contributed by atoms with Gasteiger partial charge in [0.1, 0.15) is 11.6 Å². The Bertz CT molecular complexity index is 343. The van der Waals surface area contributed by atoms with E-state index in [1.54, 1.807) is 33.8 Å². The second-order valence-electron chi connectivity index (χ2n) is 5.17. The summed E-state index contributed by atoms with van der Waals surface area (Å²) in [6.45, 7) is 8.19. The first-order valence-corrected chi connectivity index (χ1v) is 6.09. The Hall–Kier alpha value is -1.36. The van der Waals surface area contributed by atoms with Crippen molar-refractivity contribution < 1.29 is 19.1 Å². The SMILES string of the molecule is C/C=C/C(=O)C1COCCN1C(=O)OC(C)(C)C. The first kappa shape index (κ1) is 14.7. The Labute approximate surface area is 108 Å². The number of rotatable bonds is 2. The van der Waals surface area contributed by atoms with E-state index in [2.05, 4.69) is 0 Å². The fraction of sp³-hybridized carbons (Fsp3) is 0.692. The molecule has 1 aliphatic heterocycles. The lowest BCUT2D eigenvalue weighted by Crippen LogP contribution is -2.53. The molecule has 18 heavy (non-hydrogen) atoms. The Balaban J connectivity index is 2.76. The third-order valence-corrected chi connectivity index (χ3v) is 2.42. The van der Waals surface area contributed by atoms with Crippen molar-refractivity contribution in [3.05, 3.63) is 12.2 Å². The van der Waals surface area contributed by atoms with Crippen molar-refractivity contribution in [1.82, 2.24) is 4.90 Å². The highest BCUT2D eigenvalue weighted by atomic mass is 16.6. The number of carbonyl (C=O) groups is 2. The fourth-order valence-corrected chi connectivity index (χ4v) is 1.65. The van der Waals surface area contributed by atoms with Crippen molar-refractivity contribution >= 4 is 11.9 Å². The molecule has 1 fully saturated rings. The Morgan fingerprint density at radius 1 is 1.39 bits per heavy atom. The van der Waals surface area contributed by atoms with Crippen molar-refractivity contribution in [2.45, 2.75) is 39.3 Å². The zero-order chi connectivity index (χ0) is 13.8. The standard InChI is InChI=1S/C13H21NO4/c1-5-6-11(15)10-9-17-8-7-14(10)12(16)18-13(2,3)4/h5-6,10H,7-9H2,1-4H3/b6-5+. The predicted molar refractivity (Wildman–Crippen MR) is 67.4 cm³/mol. The average molecular weight is 255 g/mol. The molecule has 0 aliphatic carbocycles. The van der Waals surface area contributed by atoms with E-state index in [1.165, 1.54) is 11.0 Å². The highest BCUT2D eigenvalue weighted by Gasteiger charge is 2.34. The van der Waals surface area contributed by atoms with Gasteiger partial charge >= 0.3 is 6.09 Å². The van der Waals surface area contributed by atoms with Gasteiger partial charge in [-0.1, -0.05) is 6.08 Å². The zero-order valence-corrected chi connectivity index (χ0v) is 11.4. The quantitative estimate of drug-likeness (QED) is 0.706. The van der Waals surface area contributed by atoms with Crippen LogP contribution in [0, 0.1) is 0 Å². The normalized spacial score (nSPS) is 21.1. The van der Waals surface area contributed by atoms with Crippen LogP contribution in [0.5, 0.6) is 0 Å². The van der Waals surface area contributed by atoms with Crippen LogP contribution in [0.25, 0.3) is 0 Å². The molecule has 0 aromatic rings. The van der Waals surface area contributed by atoms with Crippen LogP contribution >= 0.6 is 0 Å². The highest BCUT2D eigenvalue weighted by molar-refractivity contribution is 5.96. The summed E-state index contributed by atoms with van der Waals surface area (Å²) in [6.07, 6.45) is 2.65. The molecule has 1 amide bonds. The van der Waals surface area contributed by atoms with Crippen molar-refractivity contribution in [3.8, 4) is 0 Å². The second-order valence-corrected chi connectivity index (χ2v) is 5.17. The van der Waals surface area contributed by atoms with Crippen molar-refractivity contribution in [1.29, 1.82) is 0 Å². The van der Waals surface area contributed by atoms with E-state index in [4.69, 9.17) is 9.47 Å². The molecule has 0 N–H and O–H groups in total. The molecular formula is C13H21NO4. The summed E-state index contributed by atoms with van der Waals surface area (Å²) in [6, 6.07) is -0.579. The van der Waals surface area contributed by atoms with Crippen LogP contribution in [0.15, 0.2) is 12.2 Å². The van der Waals surface area contributed by atoms with Gasteiger partial charge in [0.25, 0.3) is 0 Å². The van der Waals surface area contributed by atoms with E-state index >= 15 is 0 Å². The van der Waals surface area contributed by atoms with Gasteiger partial charge in [0.2, 0.25) is 0 Å². The summed E-state index contributed by atoms with van der Waals surface area (Å²) in [7, 11) is 0. The van der Waals surface area contributed by atoms with Crippen molar-refractivity contribution in [3.63, 3.8) is 0 Å². The zero-order valence-electron chi connectivity index (χ0n) is 11.4. The molecule has 5 nitrogen and oxygen atoms in total. The molecule has 0 bridgehead atoms. The molecular weight excluding hydrogens is 234 g/mol. The first-order chi connectivity index (χ1) is 8.35. The van der Waals surface area contributed by atoms with E-state index in [0.29, 0.717) is 13.2 Å². The highest BCUT2D eigenvalue weighted by Crippen LogP contribution is 2.15. The lowest BCUT2D eigenvalue weighted by atomic mass is 10.1. The number of nitrogens with zero attached hydrogens (tertiary/aromatic N) is 1. The van der Waals surface area contributed by atoms with Gasteiger partial charge in [-0.2, -0.15) is 0 Å². The Morgan fingerprint density at radius 3 is 2.61 bits per heavy atom. The topological polar surface area (TPSA) is 55.8 Å². The van der Waals surface area contributed by atoms with Gasteiger partial charge in [-0.25, -0.2) is 4.79 Å². The number of ether oxygens (including phenoxy) is 2. The Kier molecular flexibility index (Phi) is 4.90. The number of carbonyl (C=O) groups excluding carboxylic acids is 2. The smallest absolute Gasteiger partial charge is 0.411 e. The maximum Gasteiger partial charge on any atom is 0.411 e. The van der Waals surface area contributed by atoms with Crippen LogP contribution < -0.4 is 0 Å². The minimum absolute atomic E-state index is 0.136. The minimum Gasteiger partial charge on any atom is -0.444 e. The summed E-state index contributed by atoms with van der Waals surface area (Å²) < 4.78 is 10.5. The maximum absolute atomic E-state index is 12.0. The number of ketones is 1. The fourth-order valence-electron chi connectivity index (χ4n) is 1.65. The lowest BCUT2D eigenvalue weighted by Gasteiger charge is -2.35. The van der Waals surface area contributed by atoms with Gasteiger partial charge < -0.3 is 9.47 Å². The van der Waals surface area contributed by atoms with Crippen LogP contribution in [-0.4, -0.2) is 48.2 Å². The van der Waals surface area contributed by atoms with E-state index in [0.717, 1.165) is 0 Å². The largest absolute Gasteiger partial charge is 0.444 e. The minimum atomic E-state index is -0.579. The third kappa shape index (κ3) is 4.14. The molecule has 0 aromatic carbocycles. The van der Waals surface area contributed by atoms with Gasteiger partial charge in [0.15, 0.2) is 5.78 Å². The third-order valence-electron chi connectivity index (χ3n) is 2.42. The monoisotopic (exact) mass is 255 g/mol. The van der Waals surface area contributed by atoms with E-state index in [9.17, 15) is 9.59 Å². The first-order valence-electron chi connectivity index (χ1n) is 6.09. The molecule has 0 spiro atoms. The molecule has 102 valence electrons. The second kappa shape index (κ2) is 6.00. The number of amides is 1. The van der Waals surface area contributed by atoms with Gasteiger partial charge in [0, 0.05) is 6.54 Å². The summed E-state index contributed by atoms with van der Waals surface area (Å²) in [5.41, 5.74) is -0.566. The van der Waals surface area contributed by atoms with E-state index < -0.39 is 17.7 Å². The molecule has 1 rings (SSSR count). The van der Waals surface area contributed by atoms with Gasteiger partial charge in [0.05, 0.1) is 13.2 Å². The predicted octanol–water partition coefficient (Wildman–Crippen LogP) is 1.77. The molecule has 0 radical (unpaired) electrons. The average Bonchev–Trinajstić information content (AvgIpc) is 2.27. The number of morpholine rings is 1. The molecule has 1 unspecified atom stereocenters. The van der Waals surface area contributed by atoms with Crippen LogP contribution in [0.3, 0.4) is 0 Å². The Morgan fingerprint density at radius 2 is 2.06 bits per heavy atom. The van der Waals surface area contributed by atoms with E-state index in [1.807, 2.05) is 0 Å². The molecule has 1 saturated heterocycles. The number of allylic oxidation sites excluding steroid dienone is 1. The van der Waals surface area contributed by atoms with Crippen LogP contribution in [0.1, 0.15) is 27.7 Å². The van der Waals surface area contributed by atoms with Gasteiger partial charge in [-0.3, -0.25) is 9.69 Å². The number of hydrogen-bond acceptors (Lipinski definition) is 4. The summed E-state index contributed by atoms with van der Waals surface area (Å²) in [4.78, 5) is 25.3. The molecule has 1 heterocycles. The molecule has 1 atom stereocenters. The molecule has 1 aliphatic rings. The molecule has 0 aromatic heterocycles. The summed E-state index contributed by atoms with van der Waals surface area (Å²) in [5.74, 6) is -0.136. The van der Waals surface area contributed by atoms with Crippen LogP contribution in [0.4, 0.5) is 4.79 Å². The van der Waals surface area contributed by atoms with Gasteiger partial charge in [-0.05, 0) is 33.8 Å². The lowest BCUT2D eigenvalue weighted by molar-refractivity contribution is -0.125. The van der Waals surface area contributed by atoms with Crippen molar-refractivity contribution in [2.24, 2.45) is 0 Å². The summed E-state index contributed by atoms with van der Waals surface area (Å²) >= 11 is 0. The van der Waals surface area contributed by atoms with Gasteiger partial charge in [-0.15, -0.1) is 0 Å².